The highest BCUT2D eigenvalue weighted by Gasteiger charge is 2.13. The van der Waals surface area contributed by atoms with Crippen LogP contribution in [0.25, 0.3) is 0 Å². The molecule has 0 aliphatic rings. The standard InChI is InChI=1S/C19H15BrFN5O2/c20-14-7-13(1-2-15(14)21)10-24-19(28)17-8-16(25-11-26-17)18(27)23-9-12-3-5-22-6-4-12/h1-8,11H,9-10H2,(H,23,27)(H,24,28). The second-order valence-corrected chi connectivity index (χ2v) is 6.61. The van der Waals surface area contributed by atoms with Crippen LogP contribution in [0.4, 0.5) is 4.39 Å². The lowest BCUT2D eigenvalue weighted by atomic mass is 10.2. The van der Waals surface area contributed by atoms with Crippen LogP contribution < -0.4 is 10.6 Å². The Morgan fingerprint density at radius 2 is 1.50 bits per heavy atom. The van der Waals surface area contributed by atoms with Crippen LogP contribution in [0, 0.1) is 5.82 Å². The molecule has 3 aromatic rings. The molecule has 0 aliphatic heterocycles. The lowest BCUT2D eigenvalue weighted by Gasteiger charge is -2.07. The van der Waals surface area contributed by atoms with E-state index in [-0.39, 0.29) is 23.7 Å². The van der Waals surface area contributed by atoms with E-state index in [4.69, 9.17) is 0 Å². The van der Waals surface area contributed by atoms with Crippen LogP contribution in [0.5, 0.6) is 0 Å². The topological polar surface area (TPSA) is 96.9 Å². The van der Waals surface area contributed by atoms with Crippen molar-refractivity contribution in [3.05, 3.63) is 87.9 Å². The van der Waals surface area contributed by atoms with Crippen LogP contribution in [0.15, 0.2) is 59.6 Å². The zero-order chi connectivity index (χ0) is 19.9. The molecule has 0 saturated heterocycles. The summed E-state index contributed by atoms with van der Waals surface area (Å²) in [5, 5.41) is 5.40. The molecule has 1 aromatic carbocycles. The summed E-state index contributed by atoms with van der Waals surface area (Å²) in [5.41, 5.74) is 1.75. The Bertz CT molecular complexity index is 1000. The first-order chi connectivity index (χ1) is 13.5. The molecule has 9 heteroatoms. The van der Waals surface area contributed by atoms with Crippen molar-refractivity contribution in [3.63, 3.8) is 0 Å². The van der Waals surface area contributed by atoms with Crippen molar-refractivity contribution < 1.29 is 14.0 Å². The number of hydrogen-bond donors (Lipinski definition) is 2. The van der Waals surface area contributed by atoms with Crippen molar-refractivity contribution in [2.45, 2.75) is 13.1 Å². The van der Waals surface area contributed by atoms with Crippen LogP contribution in [-0.2, 0) is 13.1 Å². The van der Waals surface area contributed by atoms with Crippen molar-refractivity contribution >= 4 is 27.7 Å². The summed E-state index contributed by atoms with van der Waals surface area (Å²) in [6.07, 6.45) is 4.42. The molecule has 2 N–H and O–H groups in total. The lowest BCUT2D eigenvalue weighted by molar-refractivity contribution is 0.0944. The Balaban J connectivity index is 1.60. The maximum Gasteiger partial charge on any atom is 0.270 e. The van der Waals surface area contributed by atoms with Crippen molar-refractivity contribution in [2.75, 3.05) is 0 Å². The van der Waals surface area contributed by atoms with Gasteiger partial charge >= 0.3 is 0 Å². The molecule has 0 fully saturated rings. The Morgan fingerprint density at radius 1 is 0.893 bits per heavy atom. The van der Waals surface area contributed by atoms with E-state index in [9.17, 15) is 14.0 Å². The molecule has 0 aliphatic carbocycles. The molecule has 2 amide bonds. The summed E-state index contributed by atoms with van der Waals surface area (Å²) in [6.45, 7) is 0.498. The zero-order valence-corrected chi connectivity index (χ0v) is 16.1. The van der Waals surface area contributed by atoms with Gasteiger partial charge in [0.2, 0.25) is 0 Å². The highest BCUT2D eigenvalue weighted by atomic mass is 79.9. The summed E-state index contributed by atoms with van der Waals surface area (Å²) >= 11 is 3.10. The van der Waals surface area contributed by atoms with Gasteiger partial charge in [-0.2, -0.15) is 0 Å². The third-order valence-electron chi connectivity index (χ3n) is 3.77. The predicted octanol–water partition coefficient (Wildman–Crippen LogP) is 2.63. The first kappa shape index (κ1) is 19.6. The summed E-state index contributed by atoms with van der Waals surface area (Å²) < 4.78 is 13.6. The van der Waals surface area contributed by atoms with Gasteiger partial charge < -0.3 is 10.6 Å². The fourth-order valence-electron chi connectivity index (χ4n) is 2.30. The minimum absolute atomic E-state index is 0.0604. The van der Waals surface area contributed by atoms with Crippen LogP contribution >= 0.6 is 15.9 Å². The third-order valence-corrected chi connectivity index (χ3v) is 4.38. The van der Waals surface area contributed by atoms with Gasteiger partial charge in [0.05, 0.1) is 4.47 Å². The fraction of sp³-hybridized carbons (Fsp3) is 0.105. The van der Waals surface area contributed by atoms with Crippen molar-refractivity contribution in [1.82, 2.24) is 25.6 Å². The van der Waals surface area contributed by atoms with Crippen LogP contribution in [0.1, 0.15) is 32.1 Å². The lowest BCUT2D eigenvalue weighted by Crippen LogP contribution is -2.27. The first-order valence-corrected chi connectivity index (χ1v) is 9.03. The molecular weight excluding hydrogens is 429 g/mol. The van der Waals surface area contributed by atoms with E-state index < -0.39 is 11.8 Å². The quantitative estimate of drug-likeness (QED) is 0.610. The number of carbonyl (C=O) groups is 2. The van der Waals surface area contributed by atoms with Crippen molar-refractivity contribution in [3.8, 4) is 0 Å². The highest BCUT2D eigenvalue weighted by molar-refractivity contribution is 9.10. The Labute approximate surface area is 168 Å². The van der Waals surface area contributed by atoms with E-state index in [0.29, 0.717) is 16.6 Å². The molecule has 0 bridgehead atoms. The number of amides is 2. The van der Waals surface area contributed by atoms with Crippen LogP contribution in [-0.4, -0.2) is 26.8 Å². The number of halogens is 2. The average Bonchev–Trinajstić information content (AvgIpc) is 2.73. The second-order valence-electron chi connectivity index (χ2n) is 5.76. The monoisotopic (exact) mass is 443 g/mol. The highest BCUT2D eigenvalue weighted by Crippen LogP contribution is 2.16. The number of nitrogens with one attached hydrogen (secondary N) is 2. The van der Waals surface area contributed by atoms with E-state index in [2.05, 4.69) is 41.5 Å². The second kappa shape index (κ2) is 9.14. The molecule has 7 nitrogen and oxygen atoms in total. The maximum atomic E-state index is 13.3. The fourth-order valence-corrected chi connectivity index (χ4v) is 2.73. The van der Waals surface area contributed by atoms with Crippen LogP contribution in [0.3, 0.4) is 0 Å². The Morgan fingerprint density at radius 3 is 2.11 bits per heavy atom. The van der Waals surface area contributed by atoms with Gasteiger partial charge in [-0.25, -0.2) is 14.4 Å². The number of aromatic nitrogens is 3. The van der Waals surface area contributed by atoms with Gasteiger partial charge in [0.15, 0.2) is 0 Å². The summed E-state index contributed by atoms with van der Waals surface area (Å²) in [4.78, 5) is 36.3. The normalized spacial score (nSPS) is 10.4. The zero-order valence-electron chi connectivity index (χ0n) is 14.5. The molecule has 0 saturated carbocycles. The molecule has 28 heavy (non-hydrogen) atoms. The number of nitrogens with zero attached hydrogens (tertiary/aromatic N) is 3. The van der Waals surface area contributed by atoms with E-state index in [1.54, 1.807) is 36.7 Å². The van der Waals surface area contributed by atoms with Crippen LogP contribution in [0.2, 0.25) is 0 Å². The number of rotatable bonds is 6. The molecule has 3 rings (SSSR count). The Kier molecular flexibility index (Phi) is 6.38. The Hall–Kier alpha value is -3.20. The van der Waals surface area contributed by atoms with E-state index in [1.807, 2.05) is 0 Å². The minimum atomic E-state index is -0.467. The summed E-state index contributed by atoms with van der Waals surface area (Å²) in [7, 11) is 0. The maximum absolute atomic E-state index is 13.3. The summed E-state index contributed by atoms with van der Waals surface area (Å²) in [6, 6.07) is 9.34. The van der Waals surface area contributed by atoms with E-state index in [1.165, 1.54) is 12.1 Å². The minimum Gasteiger partial charge on any atom is -0.347 e. The van der Waals surface area contributed by atoms with Gasteiger partial charge in [-0.05, 0) is 51.3 Å². The number of hydrogen-bond acceptors (Lipinski definition) is 5. The molecule has 0 spiro atoms. The smallest absolute Gasteiger partial charge is 0.270 e. The van der Waals surface area contributed by atoms with Crippen molar-refractivity contribution in [2.24, 2.45) is 0 Å². The number of carbonyl (C=O) groups excluding carboxylic acids is 2. The van der Waals surface area contributed by atoms with E-state index in [0.717, 1.165) is 11.9 Å². The van der Waals surface area contributed by atoms with Gasteiger partial charge in [-0.1, -0.05) is 6.07 Å². The average molecular weight is 444 g/mol. The van der Waals surface area contributed by atoms with Crippen molar-refractivity contribution in [1.29, 1.82) is 0 Å². The van der Waals surface area contributed by atoms with Gasteiger partial charge in [0.1, 0.15) is 23.5 Å². The largest absolute Gasteiger partial charge is 0.347 e. The molecule has 142 valence electrons. The first-order valence-electron chi connectivity index (χ1n) is 8.24. The predicted molar refractivity (Wildman–Crippen MR) is 103 cm³/mol. The van der Waals surface area contributed by atoms with Gasteiger partial charge in [-0.3, -0.25) is 14.6 Å². The molecule has 0 unspecified atom stereocenters. The van der Waals surface area contributed by atoms with Gasteiger partial charge in [0.25, 0.3) is 11.8 Å². The van der Waals surface area contributed by atoms with Gasteiger partial charge in [0, 0.05) is 31.5 Å². The van der Waals surface area contributed by atoms with Gasteiger partial charge in [-0.15, -0.1) is 0 Å². The van der Waals surface area contributed by atoms with E-state index >= 15 is 0 Å². The number of benzene rings is 1. The molecule has 2 heterocycles. The SMILES string of the molecule is O=C(NCc1ccncc1)c1cc(C(=O)NCc2ccc(F)c(Br)c2)ncn1. The molecule has 0 atom stereocenters. The number of pyridine rings is 1. The molecule has 0 radical (unpaired) electrons. The summed E-state index contributed by atoms with van der Waals surface area (Å²) in [5.74, 6) is -1.27. The molecule has 2 aromatic heterocycles. The molecular formula is C19H15BrFN5O2. The third kappa shape index (κ3) is 5.17.